The Hall–Kier alpha value is -1.49. The maximum Gasteiger partial charge on any atom is 0.254 e. The van der Waals surface area contributed by atoms with E-state index in [1.165, 1.54) is 0 Å². The quantitative estimate of drug-likeness (QED) is 0.826. The van der Waals surface area contributed by atoms with Gasteiger partial charge in [-0.3, -0.25) is 4.79 Å². The van der Waals surface area contributed by atoms with E-state index < -0.39 is 23.6 Å². The lowest BCUT2D eigenvalue weighted by Gasteiger charge is -2.16. The summed E-state index contributed by atoms with van der Waals surface area (Å²) in [4.78, 5) is 11.7. The Morgan fingerprint density at radius 1 is 1.35 bits per heavy atom. The summed E-state index contributed by atoms with van der Waals surface area (Å²) in [6.07, 6.45) is 1.56. The molecule has 1 aliphatic carbocycles. The van der Waals surface area contributed by atoms with Crippen molar-refractivity contribution < 1.29 is 18.7 Å². The molecule has 0 aliphatic heterocycles. The Morgan fingerprint density at radius 3 is 2.71 bits per heavy atom. The molecule has 3 nitrogen and oxygen atoms in total. The van der Waals surface area contributed by atoms with Crippen molar-refractivity contribution in [3.05, 3.63) is 35.4 Å². The van der Waals surface area contributed by atoms with Crippen molar-refractivity contribution in [3.63, 3.8) is 0 Å². The van der Waals surface area contributed by atoms with Crippen molar-refractivity contribution in [1.29, 1.82) is 0 Å². The topological polar surface area (TPSA) is 49.3 Å². The zero-order chi connectivity index (χ0) is 12.4. The van der Waals surface area contributed by atoms with Crippen LogP contribution in [0.5, 0.6) is 0 Å². The molecule has 0 radical (unpaired) electrons. The number of aliphatic hydroxyl groups is 1. The number of aliphatic hydroxyl groups excluding tert-OH is 1. The molecule has 2 rings (SSSR count). The lowest BCUT2D eigenvalue weighted by atomic mass is 10.1. The van der Waals surface area contributed by atoms with Gasteiger partial charge in [-0.05, 0) is 31.4 Å². The van der Waals surface area contributed by atoms with E-state index in [1.54, 1.807) is 0 Å². The molecule has 0 aromatic heterocycles. The van der Waals surface area contributed by atoms with Gasteiger partial charge in [0.05, 0.1) is 17.7 Å². The largest absolute Gasteiger partial charge is 0.391 e. The molecular formula is C12H13F2NO2. The number of carbonyl (C=O) groups is 1. The van der Waals surface area contributed by atoms with E-state index in [2.05, 4.69) is 5.32 Å². The third-order valence-electron chi connectivity index (χ3n) is 2.97. The lowest BCUT2D eigenvalue weighted by molar-refractivity contribution is 0.0869. The van der Waals surface area contributed by atoms with E-state index >= 15 is 0 Å². The third-order valence-corrected chi connectivity index (χ3v) is 2.97. The molecule has 1 saturated carbocycles. The molecule has 0 bridgehead atoms. The molecule has 2 atom stereocenters. The molecule has 5 heteroatoms. The third kappa shape index (κ3) is 2.61. The molecule has 1 aromatic rings. The minimum atomic E-state index is -0.894. The molecule has 2 unspecified atom stereocenters. The number of amides is 1. The Kier molecular flexibility index (Phi) is 3.38. The summed E-state index contributed by atoms with van der Waals surface area (Å²) in [7, 11) is 0. The van der Waals surface area contributed by atoms with Crippen LogP contribution in [0, 0.1) is 11.6 Å². The summed E-state index contributed by atoms with van der Waals surface area (Å²) in [6, 6.07) is 2.46. The van der Waals surface area contributed by atoms with E-state index in [-0.39, 0.29) is 11.6 Å². The number of benzene rings is 1. The minimum Gasteiger partial charge on any atom is -0.391 e. The average molecular weight is 241 g/mol. The number of carbonyl (C=O) groups excluding carboxylic acids is 1. The number of halogens is 2. The molecular weight excluding hydrogens is 228 g/mol. The minimum absolute atomic E-state index is 0.203. The van der Waals surface area contributed by atoms with Crippen LogP contribution in [0.25, 0.3) is 0 Å². The second-order valence-corrected chi connectivity index (χ2v) is 4.20. The molecule has 0 saturated heterocycles. The normalized spacial score (nSPS) is 23.7. The van der Waals surface area contributed by atoms with Crippen LogP contribution in [-0.4, -0.2) is 23.2 Å². The van der Waals surface area contributed by atoms with Crippen molar-refractivity contribution in [2.24, 2.45) is 0 Å². The van der Waals surface area contributed by atoms with Gasteiger partial charge in [-0.1, -0.05) is 0 Å². The molecule has 0 spiro atoms. The van der Waals surface area contributed by atoms with Crippen molar-refractivity contribution in [2.75, 3.05) is 0 Å². The smallest absolute Gasteiger partial charge is 0.254 e. The van der Waals surface area contributed by atoms with E-state index in [4.69, 9.17) is 0 Å². The summed E-state index contributed by atoms with van der Waals surface area (Å²) in [5.74, 6) is -2.23. The van der Waals surface area contributed by atoms with Gasteiger partial charge in [0, 0.05) is 6.07 Å². The lowest BCUT2D eigenvalue weighted by Crippen LogP contribution is -2.40. The highest BCUT2D eigenvalue weighted by Crippen LogP contribution is 2.19. The Labute approximate surface area is 97.5 Å². The highest BCUT2D eigenvalue weighted by Gasteiger charge is 2.27. The SMILES string of the molecule is O=C(NC1CCCC1O)c1ccc(F)cc1F. The van der Waals surface area contributed by atoms with Gasteiger partial charge in [0.15, 0.2) is 0 Å². The van der Waals surface area contributed by atoms with Crippen LogP contribution in [0.4, 0.5) is 8.78 Å². The van der Waals surface area contributed by atoms with E-state index in [0.717, 1.165) is 18.6 Å². The van der Waals surface area contributed by atoms with Crippen LogP contribution in [0.3, 0.4) is 0 Å². The van der Waals surface area contributed by atoms with E-state index in [9.17, 15) is 18.7 Å². The fourth-order valence-corrected chi connectivity index (χ4v) is 2.03. The summed E-state index contributed by atoms with van der Waals surface area (Å²) >= 11 is 0. The van der Waals surface area contributed by atoms with Crippen LogP contribution in [0.2, 0.25) is 0 Å². The molecule has 17 heavy (non-hydrogen) atoms. The summed E-state index contributed by atoms with van der Waals surface area (Å²) < 4.78 is 26.0. The Bertz CT molecular complexity index is 437. The van der Waals surface area contributed by atoms with Crippen molar-refractivity contribution in [1.82, 2.24) is 5.32 Å². The van der Waals surface area contributed by atoms with Gasteiger partial charge in [0.1, 0.15) is 11.6 Å². The van der Waals surface area contributed by atoms with Crippen LogP contribution in [-0.2, 0) is 0 Å². The van der Waals surface area contributed by atoms with Crippen molar-refractivity contribution in [3.8, 4) is 0 Å². The second kappa shape index (κ2) is 4.79. The zero-order valence-electron chi connectivity index (χ0n) is 9.12. The van der Waals surface area contributed by atoms with Gasteiger partial charge in [-0.15, -0.1) is 0 Å². The van der Waals surface area contributed by atoms with Crippen molar-refractivity contribution >= 4 is 5.91 Å². The van der Waals surface area contributed by atoms with Gasteiger partial charge < -0.3 is 10.4 Å². The molecule has 1 aliphatic rings. The van der Waals surface area contributed by atoms with Crippen LogP contribution in [0.15, 0.2) is 18.2 Å². The van der Waals surface area contributed by atoms with Gasteiger partial charge in [-0.2, -0.15) is 0 Å². The Morgan fingerprint density at radius 2 is 2.12 bits per heavy atom. The molecule has 1 fully saturated rings. The fourth-order valence-electron chi connectivity index (χ4n) is 2.03. The summed E-state index contributed by atoms with van der Waals surface area (Å²) in [5.41, 5.74) is -0.203. The monoisotopic (exact) mass is 241 g/mol. The highest BCUT2D eigenvalue weighted by atomic mass is 19.1. The summed E-state index contributed by atoms with van der Waals surface area (Å²) in [6.45, 7) is 0. The first-order valence-electron chi connectivity index (χ1n) is 5.52. The molecule has 1 amide bonds. The van der Waals surface area contributed by atoms with Crippen LogP contribution >= 0.6 is 0 Å². The van der Waals surface area contributed by atoms with Crippen LogP contribution in [0.1, 0.15) is 29.6 Å². The maximum atomic E-state index is 13.3. The molecule has 92 valence electrons. The standard InChI is InChI=1S/C12H13F2NO2/c13-7-4-5-8(9(14)6-7)12(17)15-10-2-1-3-11(10)16/h4-6,10-11,16H,1-3H2,(H,15,17). The maximum absolute atomic E-state index is 13.3. The number of rotatable bonds is 2. The van der Waals surface area contributed by atoms with Gasteiger partial charge >= 0.3 is 0 Å². The average Bonchev–Trinajstić information content (AvgIpc) is 2.64. The zero-order valence-corrected chi connectivity index (χ0v) is 9.12. The van der Waals surface area contributed by atoms with Gasteiger partial charge in [0.2, 0.25) is 0 Å². The predicted octanol–water partition coefficient (Wildman–Crippen LogP) is 1.61. The Balaban J connectivity index is 2.09. The summed E-state index contributed by atoms with van der Waals surface area (Å²) in [5, 5.41) is 12.1. The first-order valence-corrected chi connectivity index (χ1v) is 5.52. The van der Waals surface area contributed by atoms with Gasteiger partial charge in [-0.25, -0.2) is 8.78 Å². The van der Waals surface area contributed by atoms with Gasteiger partial charge in [0.25, 0.3) is 5.91 Å². The predicted molar refractivity (Wildman–Crippen MR) is 57.5 cm³/mol. The molecule has 2 N–H and O–H groups in total. The number of hydrogen-bond acceptors (Lipinski definition) is 2. The van der Waals surface area contributed by atoms with E-state index in [0.29, 0.717) is 18.9 Å². The fraction of sp³-hybridized carbons (Fsp3) is 0.417. The number of nitrogens with one attached hydrogen (secondary N) is 1. The van der Waals surface area contributed by atoms with Crippen LogP contribution < -0.4 is 5.32 Å². The molecule has 0 heterocycles. The molecule has 1 aromatic carbocycles. The first kappa shape index (κ1) is 12.0. The highest BCUT2D eigenvalue weighted by molar-refractivity contribution is 5.94. The first-order chi connectivity index (χ1) is 8.08. The number of hydrogen-bond donors (Lipinski definition) is 2. The van der Waals surface area contributed by atoms with Crippen molar-refractivity contribution in [2.45, 2.75) is 31.4 Å². The van der Waals surface area contributed by atoms with E-state index in [1.807, 2.05) is 0 Å². The second-order valence-electron chi connectivity index (χ2n) is 4.20.